The zero-order chi connectivity index (χ0) is 17.9. The Labute approximate surface area is 156 Å². The van der Waals surface area contributed by atoms with Gasteiger partial charge < -0.3 is 15.8 Å². The molecule has 2 heterocycles. The number of morpholine rings is 1. The number of ether oxygens (including phenoxy) is 1. The van der Waals surface area contributed by atoms with Gasteiger partial charge in [0.1, 0.15) is 0 Å². The second kappa shape index (κ2) is 11.5. The van der Waals surface area contributed by atoms with Gasteiger partial charge in [0.15, 0.2) is 5.96 Å². The molecule has 0 aromatic carbocycles. The van der Waals surface area contributed by atoms with Crippen LogP contribution in [-0.2, 0) is 4.74 Å². The number of aliphatic imine (C=N–C) groups is 1. The molecule has 6 nitrogen and oxygen atoms in total. The lowest BCUT2D eigenvalue weighted by atomic mass is 10.1. The minimum Gasteiger partial charge on any atom is -0.379 e. The molecule has 0 amide bonds. The van der Waals surface area contributed by atoms with E-state index in [9.17, 15) is 0 Å². The first-order valence-electron chi connectivity index (χ1n) is 9.34. The molecule has 1 saturated heterocycles. The fourth-order valence-electron chi connectivity index (χ4n) is 3.15. The van der Waals surface area contributed by atoms with Crippen LogP contribution in [0.15, 0.2) is 21.8 Å². The van der Waals surface area contributed by atoms with Crippen molar-refractivity contribution in [1.29, 1.82) is 0 Å². The third kappa shape index (κ3) is 6.93. The van der Waals surface area contributed by atoms with E-state index in [0.717, 1.165) is 58.9 Å². The summed E-state index contributed by atoms with van der Waals surface area (Å²) in [7, 11) is 0. The summed E-state index contributed by atoms with van der Waals surface area (Å²) in [5.41, 5.74) is 7.40. The van der Waals surface area contributed by atoms with Gasteiger partial charge in [-0.1, -0.05) is 13.8 Å². The molecule has 1 aliphatic heterocycles. The SMILES string of the molecule is CCN(CC)C(CN=C(N)NCCCN1CCOCC1)c1ccsc1. The molecule has 0 spiro atoms. The van der Waals surface area contributed by atoms with Crippen molar-refractivity contribution in [2.75, 3.05) is 59.0 Å². The number of nitrogens with two attached hydrogens (primary N) is 1. The van der Waals surface area contributed by atoms with Crippen molar-refractivity contribution < 1.29 is 4.74 Å². The Hall–Kier alpha value is -1.15. The third-order valence-electron chi connectivity index (χ3n) is 4.68. The van der Waals surface area contributed by atoms with Crippen molar-refractivity contribution >= 4 is 17.3 Å². The molecular weight excluding hydrogens is 334 g/mol. The highest BCUT2D eigenvalue weighted by Crippen LogP contribution is 2.23. The number of nitrogens with zero attached hydrogens (tertiary/aromatic N) is 3. The molecule has 3 N–H and O–H groups in total. The molecule has 1 fully saturated rings. The van der Waals surface area contributed by atoms with Crippen LogP contribution >= 0.6 is 11.3 Å². The van der Waals surface area contributed by atoms with E-state index in [1.165, 1.54) is 5.56 Å². The van der Waals surface area contributed by atoms with E-state index in [1.807, 2.05) is 0 Å². The van der Waals surface area contributed by atoms with Gasteiger partial charge in [0, 0.05) is 19.6 Å². The van der Waals surface area contributed by atoms with Gasteiger partial charge in [-0.05, 0) is 48.4 Å². The smallest absolute Gasteiger partial charge is 0.188 e. The van der Waals surface area contributed by atoms with Crippen LogP contribution in [0.1, 0.15) is 31.9 Å². The second-order valence-corrected chi connectivity index (χ2v) is 7.03. The lowest BCUT2D eigenvalue weighted by molar-refractivity contribution is 0.0376. The van der Waals surface area contributed by atoms with Crippen LogP contribution in [0.4, 0.5) is 0 Å². The Morgan fingerprint density at radius 2 is 2.16 bits per heavy atom. The van der Waals surface area contributed by atoms with Crippen molar-refractivity contribution in [2.24, 2.45) is 10.7 Å². The van der Waals surface area contributed by atoms with Crippen molar-refractivity contribution in [3.05, 3.63) is 22.4 Å². The molecule has 0 saturated carbocycles. The number of thiophene rings is 1. The number of hydrogen-bond donors (Lipinski definition) is 2. The third-order valence-corrected chi connectivity index (χ3v) is 5.38. The molecule has 1 aliphatic rings. The maximum Gasteiger partial charge on any atom is 0.188 e. The molecule has 1 unspecified atom stereocenters. The predicted molar refractivity (Wildman–Crippen MR) is 106 cm³/mol. The van der Waals surface area contributed by atoms with Gasteiger partial charge in [-0.25, -0.2) is 0 Å². The first-order chi connectivity index (χ1) is 12.2. The molecule has 0 bridgehead atoms. The summed E-state index contributed by atoms with van der Waals surface area (Å²) in [6.45, 7) is 12.8. The first-order valence-corrected chi connectivity index (χ1v) is 10.3. The van der Waals surface area contributed by atoms with Crippen LogP contribution < -0.4 is 11.1 Å². The van der Waals surface area contributed by atoms with Crippen molar-refractivity contribution in [2.45, 2.75) is 26.3 Å². The molecule has 2 rings (SSSR count). The quantitative estimate of drug-likeness (QED) is 0.375. The Balaban J connectivity index is 1.75. The highest BCUT2D eigenvalue weighted by Gasteiger charge is 2.18. The van der Waals surface area contributed by atoms with Gasteiger partial charge in [-0.2, -0.15) is 11.3 Å². The van der Waals surface area contributed by atoms with Crippen LogP contribution in [0.2, 0.25) is 0 Å². The van der Waals surface area contributed by atoms with E-state index in [4.69, 9.17) is 10.5 Å². The Morgan fingerprint density at radius 3 is 2.80 bits per heavy atom. The molecule has 0 radical (unpaired) electrons. The summed E-state index contributed by atoms with van der Waals surface area (Å²) >= 11 is 1.74. The molecular formula is C18H33N5OS. The highest BCUT2D eigenvalue weighted by molar-refractivity contribution is 7.07. The van der Waals surface area contributed by atoms with Gasteiger partial charge in [0.2, 0.25) is 0 Å². The minimum atomic E-state index is 0.301. The maximum atomic E-state index is 6.07. The fraction of sp³-hybridized carbons (Fsp3) is 0.722. The number of likely N-dealkylation sites (N-methyl/N-ethyl adjacent to an activating group) is 1. The summed E-state index contributed by atoms with van der Waals surface area (Å²) in [6.07, 6.45) is 1.07. The number of nitrogens with one attached hydrogen (secondary N) is 1. The van der Waals surface area contributed by atoms with E-state index in [1.54, 1.807) is 11.3 Å². The lowest BCUT2D eigenvalue weighted by Crippen LogP contribution is -2.39. The van der Waals surface area contributed by atoms with Crippen LogP contribution in [0, 0.1) is 0 Å². The van der Waals surface area contributed by atoms with Crippen molar-refractivity contribution in [3.63, 3.8) is 0 Å². The predicted octanol–water partition coefficient (Wildman–Crippen LogP) is 1.76. The summed E-state index contributed by atoms with van der Waals surface area (Å²) in [6, 6.07) is 2.49. The van der Waals surface area contributed by atoms with E-state index < -0.39 is 0 Å². The molecule has 1 atom stereocenters. The Bertz CT molecular complexity index is 484. The highest BCUT2D eigenvalue weighted by atomic mass is 32.1. The molecule has 142 valence electrons. The van der Waals surface area contributed by atoms with Crippen LogP contribution in [0.25, 0.3) is 0 Å². The van der Waals surface area contributed by atoms with Gasteiger partial charge in [-0.15, -0.1) is 0 Å². The zero-order valence-corrected chi connectivity index (χ0v) is 16.4. The monoisotopic (exact) mass is 367 g/mol. The average molecular weight is 368 g/mol. The summed E-state index contributed by atoms with van der Waals surface area (Å²) in [5.74, 6) is 0.550. The van der Waals surface area contributed by atoms with E-state index in [-0.39, 0.29) is 0 Å². The second-order valence-electron chi connectivity index (χ2n) is 6.25. The van der Waals surface area contributed by atoms with Crippen LogP contribution in [0.3, 0.4) is 0 Å². The fourth-order valence-corrected chi connectivity index (χ4v) is 3.85. The lowest BCUT2D eigenvalue weighted by Gasteiger charge is -2.28. The van der Waals surface area contributed by atoms with Gasteiger partial charge in [-0.3, -0.25) is 14.8 Å². The normalized spacial score (nSPS) is 17.8. The van der Waals surface area contributed by atoms with E-state index >= 15 is 0 Å². The maximum absolute atomic E-state index is 6.07. The summed E-state index contributed by atoms with van der Waals surface area (Å²) in [5, 5.41) is 7.59. The van der Waals surface area contributed by atoms with E-state index in [2.05, 4.69) is 50.8 Å². The Kier molecular flexibility index (Phi) is 9.25. The van der Waals surface area contributed by atoms with Crippen LogP contribution in [-0.4, -0.2) is 74.8 Å². The van der Waals surface area contributed by atoms with Crippen molar-refractivity contribution in [1.82, 2.24) is 15.1 Å². The van der Waals surface area contributed by atoms with E-state index in [0.29, 0.717) is 18.5 Å². The first kappa shape index (κ1) is 20.2. The van der Waals surface area contributed by atoms with Gasteiger partial charge in [0.25, 0.3) is 0 Å². The molecule has 0 aliphatic carbocycles. The molecule has 1 aromatic rings. The summed E-state index contributed by atoms with van der Waals surface area (Å²) in [4.78, 5) is 9.46. The average Bonchev–Trinajstić information content (AvgIpc) is 3.17. The Morgan fingerprint density at radius 1 is 1.40 bits per heavy atom. The topological polar surface area (TPSA) is 66.1 Å². The number of rotatable bonds is 10. The summed E-state index contributed by atoms with van der Waals surface area (Å²) < 4.78 is 5.37. The minimum absolute atomic E-state index is 0.301. The van der Waals surface area contributed by atoms with Crippen LogP contribution in [0.5, 0.6) is 0 Å². The van der Waals surface area contributed by atoms with Crippen molar-refractivity contribution in [3.8, 4) is 0 Å². The molecule has 25 heavy (non-hydrogen) atoms. The standard InChI is InChI=1S/C18H33N5OS/c1-3-23(4-2)17(16-6-13-25-15-16)14-21-18(19)20-7-5-8-22-9-11-24-12-10-22/h6,13,15,17H,3-5,7-12,14H2,1-2H3,(H3,19,20,21). The number of hydrogen-bond acceptors (Lipinski definition) is 5. The van der Waals surface area contributed by atoms with Gasteiger partial charge in [0.05, 0.1) is 25.8 Å². The number of guanidine groups is 1. The zero-order valence-electron chi connectivity index (χ0n) is 15.6. The largest absolute Gasteiger partial charge is 0.379 e. The molecule has 7 heteroatoms. The molecule has 1 aromatic heterocycles. The van der Waals surface area contributed by atoms with Gasteiger partial charge >= 0.3 is 0 Å².